The number of aryl methyl sites for hydroxylation is 1. The van der Waals surface area contributed by atoms with E-state index in [1.807, 2.05) is 31.2 Å². The Hall–Kier alpha value is -1.90. The van der Waals surface area contributed by atoms with Gasteiger partial charge in [-0.05, 0) is 24.1 Å². The number of ketones is 1. The minimum absolute atomic E-state index is 0.541. The molecule has 1 aromatic carbocycles. The predicted octanol–water partition coefficient (Wildman–Crippen LogP) is 1.32. The maximum absolute atomic E-state index is 11.2. The maximum Gasteiger partial charge on any atom is 0.291 e. The van der Waals surface area contributed by atoms with Crippen molar-refractivity contribution in [3.63, 3.8) is 0 Å². The highest BCUT2D eigenvalue weighted by Crippen LogP contribution is 2.08. The van der Waals surface area contributed by atoms with E-state index < -0.39 is 11.7 Å². The number of benzene rings is 1. The molecule has 1 amide bonds. The first-order valence-electron chi connectivity index (χ1n) is 4.65. The topological polar surface area (TPSA) is 46.2 Å². The van der Waals surface area contributed by atoms with Gasteiger partial charge in [-0.2, -0.15) is 0 Å². The number of hydrogen-bond donors (Lipinski definition) is 1. The summed E-state index contributed by atoms with van der Waals surface area (Å²) in [6.45, 7) is 1.95. The number of rotatable bonds is 3. The molecule has 0 aromatic heterocycles. The van der Waals surface area contributed by atoms with Gasteiger partial charge in [0.25, 0.3) is 5.91 Å². The van der Waals surface area contributed by atoms with Crippen molar-refractivity contribution in [1.82, 2.24) is 5.32 Å². The molecule has 1 N–H and O–H groups in total. The van der Waals surface area contributed by atoms with Gasteiger partial charge < -0.3 is 5.32 Å². The highest BCUT2D eigenvalue weighted by molar-refractivity contribution is 6.41. The molecular formula is C12H13NO2. The summed E-state index contributed by atoms with van der Waals surface area (Å²) < 4.78 is 0. The zero-order valence-electron chi connectivity index (χ0n) is 8.78. The molecule has 0 spiro atoms. The van der Waals surface area contributed by atoms with Crippen molar-refractivity contribution in [3.8, 4) is 0 Å². The van der Waals surface area contributed by atoms with Gasteiger partial charge in [0.1, 0.15) is 0 Å². The van der Waals surface area contributed by atoms with Gasteiger partial charge in [0, 0.05) is 7.05 Å². The number of carbonyl (C=O) groups is 2. The highest BCUT2D eigenvalue weighted by atomic mass is 16.2. The molecule has 0 fully saturated rings. The van der Waals surface area contributed by atoms with Crippen LogP contribution in [0.15, 0.2) is 30.3 Å². The molecule has 0 bridgehead atoms. The van der Waals surface area contributed by atoms with Crippen molar-refractivity contribution >= 4 is 17.8 Å². The third-order valence-electron chi connectivity index (χ3n) is 2.05. The van der Waals surface area contributed by atoms with E-state index >= 15 is 0 Å². The second-order valence-corrected chi connectivity index (χ2v) is 3.13. The van der Waals surface area contributed by atoms with Crippen LogP contribution in [-0.4, -0.2) is 18.7 Å². The summed E-state index contributed by atoms with van der Waals surface area (Å²) >= 11 is 0. The first-order valence-corrected chi connectivity index (χ1v) is 4.65. The number of nitrogens with one attached hydrogen (secondary N) is 1. The van der Waals surface area contributed by atoms with Gasteiger partial charge in [0.2, 0.25) is 5.78 Å². The van der Waals surface area contributed by atoms with Crippen molar-refractivity contribution in [2.24, 2.45) is 0 Å². The molecule has 0 saturated carbocycles. The van der Waals surface area contributed by atoms with Crippen LogP contribution in [0.2, 0.25) is 0 Å². The van der Waals surface area contributed by atoms with Gasteiger partial charge in [-0.15, -0.1) is 0 Å². The molecule has 0 atom stereocenters. The first-order chi connectivity index (χ1) is 7.15. The SMILES string of the molecule is CNC(=O)C(=O)/C=C/c1ccccc1C. The van der Waals surface area contributed by atoms with Crippen LogP contribution in [0.5, 0.6) is 0 Å². The molecule has 0 aliphatic rings. The molecule has 0 radical (unpaired) electrons. The number of amides is 1. The van der Waals surface area contributed by atoms with Crippen LogP contribution in [0.1, 0.15) is 11.1 Å². The molecule has 15 heavy (non-hydrogen) atoms. The molecule has 0 aliphatic heterocycles. The average molecular weight is 203 g/mol. The lowest BCUT2D eigenvalue weighted by Crippen LogP contribution is -2.25. The predicted molar refractivity (Wildman–Crippen MR) is 59.3 cm³/mol. The summed E-state index contributed by atoms with van der Waals surface area (Å²) in [5, 5.41) is 2.28. The molecule has 3 heteroatoms. The van der Waals surface area contributed by atoms with Crippen molar-refractivity contribution in [3.05, 3.63) is 41.5 Å². The fourth-order valence-electron chi connectivity index (χ4n) is 1.14. The third-order valence-corrected chi connectivity index (χ3v) is 2.05. The van der Waals surface area contributed by atoms with Crippen LogP contribution in [0, 0.1) is 6.92 Å². The van der Waals surface area contributed by atoms with Crippen molar-refractivity contribution in [2.75, 3.05) is 7.05 Å². The Labute approximate surface area is 88.8 Å². The second-order valence-electron chi connectivity index (χ2n) is 3.13. The standard InChI is InChI=1S/C12H13NO2/c1-9-5-3-4-6-10(9)7-8-11(14)12(15)13-2/h3-8H,1-2H3,(H,13,15)/b8-7+. The fourth-order valence-corrected chi connectivity index (χ4v) is 1.14. The van der Waals surface area contributed by atoms with E-state index in [4.69, 9.17) is 0 Å². The van der Waals surface area contributed by atoms with Crippen LogP contribution in [-0.2, 0) is 9.59 Å². The van der Waals surface area contributed by atoms with Gasteiger partial charge in [-0.25, -0.2) is 0 Å². The lowest BCUT2D eigenvalue weighted by molar-refractivity contribution is -0.134. The van der Waals surface area contributed by atoms with E-state index in [0.717, 1.165) is 11.1 Å². The summed E-state index contributed by atoms with van der Waals surface area (Å²) in [6.07, 6.45) is 2.92. The van der Waals surface area contributed by atoms with Crippen LogP contribution in [0.25, 0.3) is 6.08 Å². The Morgan fingerprint density at radius 1 is 1.27 bits per heavy atom. The lowest BCUT2D eigenvalue weighted by Gasteiger charge is -1.97. The smallest absolute Gasteiger partial charge is 0.291 e. The minimum atomic E-state index is -0.597. The summed E-state index contributed by atoms with van der Waals surface area (Å²) in [5.74, 6) is -1.14. The Morgan fingerprint density at radius 3 is 2.53 bits per heavy atom. The molecule has 78 valence electrons. The van der Waals surface area contributed by atoms with E-state index in [0.29, 0.717) is 0 Å². The average Bonchev–Trinajstić information content (AvgIpc) is 2.26. The van der Waals surface area contributed by atoms with E-state index in [1.54, 1.807) is 6.08 Å². The van der Waals surface area contributed by atoms with E-state index in [-0.39, 0.29) is 0 Å². The van der Waals surface area contributed by atoms with Crippen LogP contribution in [0.4, 0.5) is 0 Å². The summed E-state index contributed by atoms with van der Waals surface area (Å²) in [5.41, 5.74) is 2.01. The molecule has 0 heterocycles. The van der Waals surface area contributed by atoms with E-state index in [9.17, 15) is 9.59 Å². The molecular weight excluding hydrogens is 190 g/mol. The van der Waals surface area contributed by atoms with Gasteiger partial charge in [-0.1, -0.05) is 30.3 Å². The van der Waals surface area contributed by atoms with Crippen molar-refractivity contribution in [2.45, 2.75) is 6.92 Å². The zero-order valence-corrected chi connectivity index (χ0v) is 8.78. The van der Waals surface area contributed by atoms with Crippen molar-refractivity contribution < 1.29 is 9.59 Å². The van der Waals surface area contributed by atoms with Crippen LogP contribution in [0.3, 0.4) is 0 Å². The second kappa shape index (κ2) is 5.10. The molecule has 0 saturated heterocycles. The van der Waals surface area contributed by atoms with Gasteiger partial charge >= 0.3 is 0 Å². The summed E-state index contributed by atoms with van der Waals surface area (Å²) in [6, 6.07) is 7.65. The zero-order chi connectivity index (χ0) is 11.3. The Kier molecular flexibility index (Phi) is 3.80. The molecule has 3 nitrogen and oxygen atoms in total. The summed E-state index contributed by atoms with van der Waals surface area (Å²) in [4.78, 5) is 22.1. The Balaban J connectivity index is 2.78. The molecule has 0 aliphatic carbocycles. The minimum Gasteiger partial charge on any atom is -0.352 e. The fraction of sp³-hybridized carbons (Fsp3) is 0.167. The maximum atomic E-state index is 11.2. The Bertz CT molecular complexity index is 408. The van der Waals surface area contributed by atoms with Gasteiger partial charge in [0.15, 0.2) is 0 Å². The quantitative estimate of drug-likeness (QED) is 0.595. The van der Waals surface area contributed by atoms with E-state index in [1.165, 1.54) is 13.1 Å². The molecule has 1 aromatic rings. The molecule has 1 rings (SSSR count). The summed E-state index contributed by atoms with van der Waals surface area (Å²) in [7, 11) is 1.43. The van der Waals surface area contributed by atoms with E-state index in [2.05, 4.69) is 5.32 Å². The lowest BCUT2D eigenvalue weighted by atomic mass is 10.1. The Morgan fingerprint density at radius 2 is 1.93 bits per heavy atom. The first kappa shape index (κ1) is 11.2. The third kappa shape index (κ3) is 3.06. The highest BCUT2D eigenvalue weighted by Gasteiger charge is 2.06. The monoisotopic (exact) mass is 203 g/mol. The van der Waals surface area contributed by atoms with Gasteiger partial charge in [0.05, 0.1) is 0 Å². The molecule has 0 unspecified atom stereocenters. The largest absolute Gasteiger partial charge is 0.352 e. The number of hydrogen-bond acceptors (Lipinski definition) is 2. The van der Waals surface area contributed by atoms with Crippen LogP contribution >= 0.6 is 0 Å². The van der Waals surface area contributed by atoms with Crippen molar-refractivity contribution in [1.29, 1.82) is 0 Å². The van der Waals surface area contributed by atoms with Crippen LogP contribution < -0.4 is 5.32 Å². The number of likely N-dealkylation sites (N-methyl/N-ethyl adjacent to an activating group) is 1. The van der Waals surface area contributed by atoms with Gasteiger partial charge in [-0.3, -0.25) is 9.59 Å². The normalized spacial score (nSPS) is 10.3. The number of carbonyl (C=O) groups excluding carboxylic acids is 2.